The zero-order valence-electron chi connectivity index (χ0n) is 15.3. The van der Waals surface area contributed by atoms with Gasteiger partial charge in [-0.1, -0.05) is 18.2 Å². The minimum atomic E-state index is -1.10. The number of halogens is 1. The van der Waals surface area contributed by atoms with E-state index in [2.05, 4.69) is 0 Å². The van der Waals surface area contributed by atoms with E-state index in [1.807, 2.05) is 37.3 Å². The number of benzene rings is 2. The predicted molar refractivity (Wildman–Crippen MR) is 98.5 cm³/mol. The van der Waals surface area contributed by atoms with Crippen molar-refractivity contribution >= 4 is 16.9 Å². The van der Waals surface area contributed by atoms with E-state index in [1.54, 1.807) is 25.8 Å². The van der Waals surface area contributed by atoms with Gasteiger partial charge in [-0.2, -0.15) is 0 Å². The summed E-state index contributed by atoms with van der Waals surface area (Å²) in [6, 6.07) is 15.0. The van der Waals surface area contributed by atoms with E-state index >= 15 is 0 Å². The lowest BCUT2D eigenvalue weighted by Gasteiger charge is -2.32. The summed E-state index contributed by atoms with van der Waals surface area (Å²) in [6.07, 6.45) is 0. The van der Waals surface area contributed by atoms with E-state index in [-0.39, 0.29) is 17.8 Å². The highest BCUT2D eigenvalue weighted by Crippen LogP contribution is 2.29. The second-order valence-corrected chi connectivity index (χ2v) is 6.84. The number of carbonyl (C=O) groups excluding carboxylic acids is 1. The average Bonchev–Trinajstić information content (AvgIpc) is 3.05. The van der Waals surface area contributed by atoms with Crippen LogP contribution in [0.25, 0.3) is 11.0 Å². The Balaban J connectivity index is 1.77. The Morgan fingerprint density at radius 2 is 1.81 bits per heavy atom. The van der Waals surface area contributed by atoms with Crippen molar-refractivity contribution in [1.29, 1.82) is 0 Å². The van der Waals surface area contributed by atoms with Crippen LogP contribution in [0.15, 0.2) is 59.0 Å². The molecule has 0 fully saturated rings. The topological polar surface area (TPSA) is 42.7 Å². The molecule has 4 nitrogen and oxygen atoms in total. The number of rotatable bonds is 5. The zero-order chi connectivity index (χ0) is 18.9. The average molecular weight is 355 g/mol. The van der Waals surface area contributed by atoms with Crippen molar-refractivity contribution in [2.24, 2.45) is 0 Å². The highest BCUT2D eigenvalue weighted by atomic mass is 19.1. The summed E-state index contributed by atoms with van der Waals surface area (Å²) in [7, 11) is 1.72. The quantitative estimate of drug-likeness (QED) is 0.650. The van der Waals surface area contributed by atoms with Gasteiger partial charge in [-0.25, -0.2) is 4.39 Å². The highest BCUT2D eigenvalue weighted by Gasteiger charge is 2.35. The molecule has 5 heteroatoms. The molecule has 0 aliphatic carbocycles. The van der Waals surface area contributed by atoms with Crippen LogP contribution in [0.4, 0.5) is 4.39 Å². The van der Waals surface area contributed by atoms with Crippen molar-refractivity contribution in [2.75, 3.05) is 7.05 Å². The summed E-state index contributed by atoms with van der Waals surface area (Å²) in [5.41, 5.74) is -0.315. The molecular weight excluding hydrogens is 333 g/mol. The second kappa shape index (κ2) is 6.83. The van der Waals surface area contributed by atoms with Crippen molar-refractivity contribution in [3.8, 4) is 5.75 Å². The Morgan fingerprint density at radius 1 is 1.15 bits per heavy atom. The lowest BCUT2D eigenvalue weighted by atomic mass is 10.1. The Labute approximate surface area is 152 Å². The van der Waals surface area contributed by atoms with Gasteiger partial charge in [-0.05, 0) is 57.2 Å². The van der Waals surface area contributed by atoms with Crippen LogP contribution in [0.3, 0.4) is 0 Å². The predicted octanol–water partition coefficient (Wildman–Crippen LogP) is 4.95. The van der Waals surface area contributed by atoms with E-state index < -0.39 is 5.60 Å². The van der Waals surface area contributed by atoms with Gasteiger partial charge in [0.15, 0.2) is 5.60 Å². The maximum atomic E-state index is 13.0. The molecule has 136 valence electrons. The fourth-order valence-corrected chi connectivity index (χ4v) is 2.84. The smallest absolute Gasteiger partial charge is 0.266 e. The number of hydrogen-bond donors (Lipinski definition) is 0. The van der Waals surface area contributed by atoms with Gasteiger partial charge in [0, 0.05) is 12.4 Å². The molecule has 1 atom stereocenters. The number of likely N-dealkylation sites (N-methyl/N-ethyl adjacent to an activating group) is 1. The molecule has 3 rings (SSSR count). The number of carbonyl (C=O) groups is 1. The molecule has 0 radical (unpaired) electrons. The van der Waals surface area contributed by atoms with E-state index in [4.69, 9.17) is 9.15 Å². The second-order valence-electron chi connectivity index (χ2n) is 6.84. The Morgan fingerprint density at radius 3 is 2.46 bits per heavy atom. The monoisotopic (exact) mass is 355 g/mol. The van der Waals surface area contributed by atoms with Crippen molar-refractivity contribution < 1.29 is 18.3 Å². The van der Waals surface area contributed by atoms with Crippen molar-refractivity contribution in [3.05, 3.63) is 66.2 Å². The van der Waals surface area contributed by atoms with Crippen molar-refractivity contribution in [2.45, 2.75) is 32.4 Å². The van der Waals surface area contributed by atoms with Gasteiger partial charge in [0.2, 0.25) is 0 Å². The van der Waals surface area contributed by atoms with Crippen LogP contribution in [0.2, 0.25) is 0 Å². The third-order valence-electron chi connectivity index (χ3n) is 4.46. The maximum Gasteiger partial charge on any atom is 0.266 e. The normalized spacial score (nSPS) is 12.8. The van der Waals surface area contributed by atoms with Crippen molar-refractivity contribution in [3.63, 3.8) is 0 Å². The molecule has 0 saturated carbocycles. The fraction of sp³-hybridized carbons (Fsp3) is 0.286. The largest absolute Gasteiger partial charge is 0.478 e. The first-order chi connectivity index (χ1) is 12.3. The molecule has 0 N–H and O–H groups in total. The van der Waals surface area contributed by atoms with Gasteiger partial charge in [0.05, 0.1) is 6.04 Å². The van der Waals surface area contributed by atoms with Gasteiger partial charge in [-0.3, -0.25) is 4.79 Å². The third-order valence-corrected chi connectivity index (χ3v) is 4.46. The first-order valence-corrected chi connectivity index (χ1v) is 8.48. The van der Waals surface area contributed by atoms with E-state index in [9.17, 15) is 9.18 Å². The number of ether oxygens (including phenoxy) is 1. The summed E-state index contributed by atoms with van der Waals surface area (Å²) in [5.74, 6) is 0.598. The van der Waals surface area contributed by atoms with Crippen LogP contribution in [0, 0.1) is 5.82 Å². The first kappa shape index (κ1) is 18.0. The Hall–Kier alpha value is -2.82. The van der Waals surface area contributed by atoms with Gasteiger partial charge in [0.1, 0.15) is 22.9 Å². The number of fused-ring (bicyclic) bond motifs is 1. The SMILES string of the molecule is C[C@H](c1cc2ccccc2o1)N(C)C(=O)C(C)(C)Oc1ccc(F)cc1. The number of amides is 1. The van der Waals surface area contributed by atoms with Gasteiger partial charge < -0.3 is 14.1 Å². The summed E-state index contributed by atoms with van der Waals surface area (Å²) in [4.78, 5) is 14.5. The lowest BCUT2D eigenvalue weighted by molar-refractivity contribution is -0.146. The number of furan rings is 1. The van der Waals surface area contributed by atoms with Crippen LogP contribution in [0.5, 0.6) is 5.75 Å². The van der Waals surface area contributed by atoms with Gasteiger partial charge in [0.25, 0.3) is 5.91 Å². The molecule has 1 aromatic heterocycles. The maximum absolute atomic E-state index is 13.0. The molecule has 2 aromatic carbocycles. The minimum absolute atomic E-state index is 0.199. The molecule has 0 aliphatic rings. The molecule has 0 spiro atoms. The molecule has 0 aliphatic heterocycles. The van der Waals surface area contributed by atoms with Gasteiger partial charge >= 0.3 is 0 Å². The highest BCUT2D eigenvalue weighted by molar-refractivity contribution is 5.85. The summed E-state index contributed by atoms with van der Waals surface area (Å²) >= 11 is 0. The van der Waals surface area contributed by atoms with Crippen LogP contribution in [-0.2, 0) is 4.79 Å². The van der Waals surface area contributed by atoms with Gasteiger partial charge in [-0.15, -0.1) is 0 Å². The van der Waals surface area contributed by atoms with Crippen LogP contribution < -0.4 is 4.74 Å². The summed E-state index contributed by atoms with van der Waals surface area (Å²) in [6.45, 7) is 5.30. The molecule has 1 heterocycles. The standard InChI is InChI=1S/C21H22FNO3/c1-14(19-13-15-7-5-6-8-18(15)25-19)23(4)20(24)21(2,3)26-17-11-9-16(22)10-12-17/h5-14H,1-4H3/t14-/m1/s1. The lowest BCUT2D eigenvalue weighted by Crippen LogP contribution is -2.48. The number of nitrogens with zero attached hydrogens (tertiary/aromatic N) is 1. The van der Waals surface area contributed by atoms with Crippen LogP contribution in [0.1, 0.15) is 32.6 Å². The van der Waals surface area contributed by atoms with Crippen LogP contribution in [-0.4, -0.2) is 23.5 Å². The number of hydrogen-bond acceptors (Lipinski definition) is 3. The molecule has 0 saturated heterocycles. The fourth-order valence-electron chi connectivity index (χ4n) is 2.84. The summed E-state index contributed by atoms with van der Waals surface area (Å²) < 4.78 is 24.7. The molecular formula is C21H22FNO3. The Kier molecular flexibility index (Phi) is 4.72. The molecule has 3 aromatic rings. The zero-order valence-corrected chi connectivity index (χ0v) is 15.3. The van der Waals surface area contributed by atoms with E-state index in [0.717, 1.165) is 11.0 Å². The first-order valence-electron chi connectivity index (χ1n) is 8.48. The Bertz CT molecular complexity index is 881. The summed E-state index contributed by atoms with van der Waals surface area (Å²) in [5, 5.41) is 0.997. The van der Waals surface area contributed by atoms with Crippen LogP contribution >= 0.6 is 0 Å². The molecule has 0 unspecified atom stereocenters. The third kappa shape index (κ3) is 3.57. The number of para-hydroxylation sites is 1. The minimum Gasteiger partial charge on any atom is -0.478 e. The molecule has 0 bridgehead atoms. The van der Waals surface area contributed by atoms with E-state index in [0.29, 0.717) is 11.5 Å². The molecule has 26 heavy (non-hydrogen) atoms. The van der Waals surface area contributed by atoms with E-state index in [1.165, 1.54) is 24.3 Å². The molecule has 1 amide bonds. The van der Waals surface area contributed by atoms with Crippen molar-refractivity contribution in [1.82, 2.24) is 4.90 Å².